The third-order valence-corrected chi connectivity index (χ3v) is 4.03. The van der Waals surface area contributed by atoms with E-state index in [1.165, 1.54) is 10.5 Å². The zero-order chi connectivity index (χ0) is 14.6. The maximum absolute atomic E-state index is 10.4. The molecule has 1 unspecified atom stereocenters. The van der Waals surface area contributed by atoms with Crippen molar-refractivity contribution in [2.75, 3.05) is 12.8 Å². The molecular weight excluding hydrogens is 270 g/mol. The fourth-order valence-corrected chi connectivity index (χ4v) is 2.40. The van der Waals surface area contributed by atoms with Crippen molar-refractivity contribution in [2.24, 2.45) is 7.05 Å². The first-order valence-corrected chi connectivity index (χ1v) is 7.79. The van der Waals surface area contributed by atoms with Crippen molar-refractivity contribution in [2.45, 2.75) is 24.0 Å². The molecule has 0 amide bonds. The van der Waals surface area contributed by atoms with Crippen LogP contribution >= 0.6 is 11.8 Å². The van der Waals surface area contributed by atoms with E-state index in [9.17, 15) is 5.11 Å². The second-order valence-electron chi connectivity index (χ2n) is 5.13. The van der Waals surface area contributed by atoms with Crippen LogP contribution in [-0.4, -0.2) is 27.7 Å². The van der Waals surface area contributed by atoms with Gasteiger partial charge in [-0.2, -0.15) is 5.10 Å². The lowest BCUT2D eigenvalue weighted by atomic mass is 9.99. The molecule has 0 bridgehead atoms. The molecule has 0 aliphatic rings. The number of nitrogens with zero attached hydrogens (tertiary/aromatic N) is 2. The fraction of sp³-hybridized carbons (Fsp3) is 0.400. The summed E-state index contributed by atoms with van der Waals surface area (Å²) in [5, 5.41) is 17.8. The Labute approximate surface area is 124 Å². The molecule has 5 heteroatoms. The zero-order valence-corrected chi connectivity index (χ0v) is 12.9. The van der Waals surface area contributed by atoms with Gasteiger partial charge in [-0.15, -0.1) is 11.8 Å². The Morgan fingerprint density at radius 3 is 2.60 bits per heavy atom. The molecular formula is C15H21N3OS. The minimum atomic E-state index is -0.909. The first-order valence-electron chi connectivity index (χ1n) is 6.56. The summed E-state index contributed by atoms with van der Waals surface area (Å²) in [6.07, 6.45) is 5.61. The molecule has 0 spiro atoms. The zero-order valence-electron chi connectivity index (χ0n) is 12.1. The van der Waals surface area contributed by atoms with E-state index in [2.05, 4.69) is 40.9 Å². The summed E-state index contributed by atoms with van der Waals surface area (Å²) in [5.41, 5.74) is 1.13. The van der Waals surface area contributed by atoms with Crippen molar-refractivity contribution in [1.29, 1.82) is 0 Å². The summed E-state index contributed by atoms with van der Waals surface area (Å²) in [6.45, 7) is 3.03. The highest BCUT2D eigenvalue weighted by molar-refractivity contribution is 7.98. The summed E-state index contributed by atoms with van der Waals surface area (Å²) in [6, 6.07) is 8.44. The quantitative estimate of drug-likeness (QED) is 0.801. The molecule has 0 saturated carbocycles. The van der Waals surface area contributed by atoms with Gasteiger partial charge in [0.2, 0.25) is 0 Å². The minimum Gasteiger partial charge on any atom is -0.384 e. The molecule has 20 heavy (non-hydrogen) atoms. The smallest absolute Gasteiger partial charge is 0.102 e. The van der Waals surface area contributed by atoms with E-state index in [-0.39, 0.29) is 0 Å². The number of rotatable bonds is 6. The molecule has 4 nitrogen and oxygen atoms in total. The SMILES string of the molecule is CSc1ccc(CNCC(C)(O)c2cnn(C)c2)cc1. The number of thioether (sulfide) groups is 1. The number of hydrogen-bond donors (Lipinski definition) is 2. The van der Waals surface area contributed by atoms with Crippen molar-refractivity contribution >= 4 is 11.8 Å². The molecule has 2 N–H and O–H groups in total. The van der Waals surface area contributed by atoms with Crippen molar-refractivity contribution < 1.29 is 5.11 Å². The first-order chi connectivity index (χ1) is 9.51. The van der Waals surface area contributed by atoms with E-state index in [0.717, 1.165) is 12.1 Å². The van der Waals surface area contributed by atoms with E-state index in [1.54, 1.807) is 29.6 Å². The number of benzene rings is 1. The van der Waals surface area contributed by atoms with E-state index in [1.807, 2.05) is 13.2 Å². The number of aliphatic hydroxyl groups is 1. The summed E-state index contributed by atoms with van der Waals surface area (Å²) in [5.74, 6) is 0. The standard InChI is InChI=1S/C15H21N3OS/c1-15(19,13-9-17-18(2)10-13)11-16-8-12-4-6-14(20-3)7-5-12/h4-7,9-10,16,19H,8,11H2,1-3H3. The van der Waals surface area contributed by atoms with Crippen LogP contribution < -0.4 is 5.32 Å². The van der Waals surface area contributed by atoms with E-state index >= 15 is 0 Å². The average molecular weight is 291 g/mol. The Hall–Kier alpha value is -1.30. The molecule has 2 rings (SSSR count). The third kappa shape index (κ3) is 3.85. The molecule has 2 aromatic rings. The van der Waals surface area contributed by atoms with Gasteiger partial charge < -0.3 is 10.4 Å². The van der Waals surface area contributed by atoms with Crippen LogP contribution in [0.4, 0.5) is 0 Å². The van der Waals surface area contributed by atoms with Crippen molar-refractivity contribution in [1.82, 2.24) is 15.1 Å². The number of aryl methyl sites for hydroxylation is 1. The maximum atomic E-state index is 10.4. The van der Waals surface area contributed by atoms with Gasteiger partial charge in [-0.25, -0.2) is 0 Å². The van der Waals surface area contributed by atoms with Crippen molar-refractivity contribution in [3.05, 3.63) is 47.8 Å². The van der Waals surface area contributed by atoms with Crippen LogP contribution in [0.5, 0.6) is 0 Å². The normalized spacial score (nSPS) is 14.2. The average Bonchev–Trinajstić information content (AvgIpc) is 2.87. The van der Waals surface area contributed by atoms with E-state index in [4.69, 9.17) is 0 Å². The lowest BCUT2D eigenvalue weighted by Gasteiger charge is -2.22. The maximum Gasteiger partial charge on any atom is 0.102 e. The van der Waals surface area contributed by atoms with Crippen molar-refractivity contribution in [3.8, 4) is 0 Å². The molecule has 0 radical (unpaired) electrons. The fourth-order valence-electron chi connectivity index (χ4n) is 2.00. The predicted molar refractivity (Wildman–Crippen MR) is 82.7 cm³/mol. The molecule has 0 fully saturated rings. The lowest BCUT2D eigenvalue weighted by molar-refractivity contribution is 0.0566. The molecule has 0 saturated heterocycles. The van der Waals surface area contributed by atoms with Crippen LogP contribution in [0.2, 0.25) is 0 Å². The monoisotopic (exact) mass is 291 g/mol. The number of hydrogen-bond acceptors (Lipinski definition) is 4. The van der Waals surface area contributed by atoms with Crippen LogP contribution in [0.15, 0.2) is 41.6 Å². The third-order valence-electron chi connectivity index (χ3n) is 3.28. The van der Waals surface area contributed by atoms with Gasteiger partial charge in [-0.05, 0) is 30.9 Å². The Bertz CT molecular complexity index is 549. The van der Waals surface area contributed by atoms with Crippen LogP contribution in [0.25, 0.3) is 0 Å². The summed E-state index contributed by atoms with van der Waals surface area (Å²) < 4.78 is 1.70. The van der Waals surface area contributed by atoms with E-state index < -0.39 is 5.60 Å². The van der Waals surface area contributed by atoms with E-state index in [0.29, 0.717) is 6.54 Å². The molecule has 108 valence electrons. The van der Waals surface area contributed by atoms with Gasteiger partial charge >= 0.3 is 0 Å². The predicted octanol–water partition coefficient (Wildman–Crippen LogP) is 2.14. The van der Waals surface area contributed by atoms with Gasteiger partial charge in [0.15, 0.2) is 0 Å². The summed E-state index contributed by atoms with van der Waals surface area (Å²) in [4.78, 5) is 1.26. The Balaban J connectivity index is 1.88. The summed E-state index contributed by atoms with van der Waals surface area (Å²) in [7, 11) is 1.85. The molecule has 1 heterocycles. The van der Waals surface area contributed by atoms with Crippen LogP contribution in [0.3, 0.4) is 0 Å². The highest BCUT2D eigenvalue weighted by atomic mass is 32.2. The van der Waals surface area contributed by atoms with Gasteiger partial charge in [0.05, 0.1) is 6.20 Å². The Kier molecular flexibility index (Phi) is 4.86. The van der Waals surface area contributed by atoms with Crippen LogP contribution in [-0.2, 0) is 19.2 Å². The van der Waals surface area contributed by atoms with Crippen LogP contribution in [0, 0.1) is 0 Å². The Morgan fingerprint density at radius 2 is 2.05 bits per heavy atom. The topological polar surface area (TPSA) is 50.1 Å². The number of nitrogens with one attached hydrogen (secondary N) is 1. The second-order valence-corrected chi connectivity index (χ2v) is 6.01. The minimum absolute atomic E-state index is 0.489. The molecule has 1 aromatic carbocycles. The lowest BCUT2D eigenvalue weighted by Crippen LogP contribution is -2.34. The largest absolute Gasteiger partial charge is 0.384 e. The number of aromatic nitrogens is 2. The van der Waals surface area contributed by atoms with Crippen LogP contribution in [0.1, 0.15) is 18.1 Å². The Morgan fingerprint density at radius 1 is 1.35 bits per heavy atom. The highest BCUT2D eigenvalue weighted by Gasteiger charge is 2.23. The molecule has 1 atom stereocenters. The van der Waals surface area contributed by atoms with Gasteiger partial charge in [-0.1, -0.05) is 12.1 Å². The molecule has 0 aliphatic carbocycles. The second kappa shape index (κ2) is 6.43. The van der Waals surface area contributed by atoms with Crippen molar-refractivity contribution in [3.63, 3.8) is 0 Å². The van der Waals surface area contributed by atoms with Gasteiger partial charge in [0, 0.05) is 36.8 Å². The highest BCUT2D eigenvalue weighted by Crippen LogP contribution is 2.19. The van der Waals surface area contributed by atoms with Gasteiger partial charge in [0.25, 0.3) is 0 Å². The first kappa shape index (κ1) is 15.1. The summed E-state index contributed by atoms with van der Waals surface area (Å²) >= 11 is 1.74. The van der Waals surface area contributed by atoms with Gasteiger partial charge in [0.1, 0.15) is 5.60 Å². The molecule has 1 aromatic heterocycles. The molecule has 0 aliphatic heterocycles. The van der Waals surface area contributed by atoms with Gasteiger partial charge in [-0.3, -0.25) is 4.68 Å².